The smallest absolute Gasteiger partial charge is 0.247 e. The molecule has 7 aromatic heterocycles. The molecule has 3 aliphatic heterocycles. The summed E-state index contributed by atoms with van der Waals surface area (Å²) in [5.74, 6) is 2.15. The first-order valence-corrected chi connectivity index (χ1v) is 42.6. The highest BCUT2D eigenvalue weighted by molar-refractivity contribution is 6.06. The number of para-hydroxylation sites is 3. The molecule has 6 N–H and O–H groups in total. The normalized spacial score (nSPS) is 12.2. The summed E-state index contributed by atoms with van der Waals surface area (Å²) in [6.45, 7) is 18.2. The van der Waals surface area contributed by atoms with E-state index in [4.69, 9.17) is 38.9 Å². The number of nitrogens with one attached hydrogen (secondary N) is 6. The Hall–Kier alpha value is -15.1. The Kier molecular flexibility index (Phi) is 28.3. The topological polar surface area (TPSA) is 337 Å². The molecule has 16 rings (SSSR count). The van der Waals surface area contributed by atoms with Gasteiger partial charge >= 0.3 is 0 Å². The Bertz CT molecular complexity index is 6480. The summed E-state index contributed by atoms with van der Waals surface area (Å²) in [5.41, 5.74) is 20.5. The van der Waals surface area contributed by atoms with Gasteiger partial charge in [-0.25, -0.2) is 29.9 Å². The first-order chi connectivity index (χ1) is 62.4. The van der Waals surface area contributed by atoms with E-state index in [0.29, 0.717) is 91.9 Å². The molecule has 3 aliphatic rings. The third kappa shape index (κ3) is 20.1. The second-order valence-corrected chi connectivity index (χ2v) is 32.5. The molecular weight excluding hydrogens is 1630 g/mol. The molecule has 0 aliphatic carbocycles. The fraction of sp³-hybridized carbons (Fsp3) is 0.299. The molecule has 32 heteroatoms. The molecule has 10 heterocycles. The van der Waals surface area contributed by atoms with Crippen LogP contribution in [0.2, 0.25) is 0 Å². The van der Waals surface area contributed by atoms with Gasteiger partial charge in [-0.15, -0.1) is 0 Å². The Balaban J connectivity index is 0.000000156. The average Bonchev–Trinajstić information content (AvgIpc) is 1.61. The molecule has 32 nitrogen and oxygen atoms in total. The zero-order valence-corrected chi connectivity index (χ0v) is 75.3. The molecule has 0 saturated carbocycles. The summed E-state index contributed by atoms with van der Waals surface area (Å²) in [4.78, 5) is 78.1. The molecule has 13 aromatic rings. The molecule has 6 aromatic carbocycles. The summed E-state index contributed by atoms with van der Waals surface area (Å²) >= 11 is 0. The van der Waals surface area contributed by atoms with Gasteiger partial charge in [0.15, 0.2) is 12.4 Å². The van der Waals surface area contributed by atoms with E-state index in [1.54, 1.807) is 45.9 Å². The highest BCUT2D eigenvalue weighted by atomic mass is 16.5. The quantitative estimate of drug-likeness (QED) is 0.0208. The number of hydrogen-bond acceptors (Lipinski definition) is 25. The molecule has 0 spiro atoms. The minimum Gasteiger partial charge on any atom is -0.494 e. The molecule has 0 saturated heterocycles. The zero-order chi connectivity index (χ0) is 91.3. The van der Waals surface area contributed by atoms with Gasteiger partial charge < -0.3 is 93.9 Å². The van der Waals surface area contributed by atoms with E-state index in [1.807, 2.05) is 118 Å². The number of nitriles is 2. The Morgan fingerprint density at radius 2 is 0.829 bits per heavy atom. The fourth-order valence-corrected chi connectivity index (χ4v) is 16.5. The van der Waals surface area contributed by atoms with Gasteiger partial charge in [-0.05, 0) is 140 Å². The van der Waals surface area contributed by atoms with Crippen LogP contribution in [0, 0.1) is 22.7 Å². The second-order valence-electron chi connectivity index (χ2n) is 32.5. The van der Waals surface area contributed by atoms with Crippen LogP contribution >= 0.6 is 0 Å². The van der Waals surface area contributed by atoms with E-state index in [0.717, 1.165) is 164 Å². The molecule has 3 amide bonds. The molecular formula is C97H109N25O7. The monoisotopic (exact) mass is 1740 g/mol. The Labute approximate surface area is 750 Å². The summed E-state index contributed by atoms with van der Waals surface area (Å²) in [7, 11) is 24.7. The lowest BCUT2D eigenvalue weighted by atomic mass is 10.00. The number of hydrogen-bond donors (Lipinski definition) is 6. The molecule has 129 heavy (non-hydrogen) atoms. The van der Waals surface area contributed by atoms with Crippen molar-refractivity contribution >= 4 is 119 Å². The highest BCUT2D eigenvalue weighted by Crippen LogP contribution is 2.46. The lowest BCUT2D eigenvalue weighted by Gasteiger charge is -2.26. The lowest BCUT2D eigenvalue weighted by Crippen LogP contribution is -2.29. The fourth-order valence-electron chi connectivity index (χ4n) is 16.5. The second kappa shape index (κ2) is 40.5. The first kappa shape index (κ1) is 90.1. The van der Waals surface area contributed by atoms with Crippen LogP contribution in [-0.2, 0) is 60.3 Å². The summed E-state index contributed by atoms with van der Waals surface area (Å²) in [5, 5.41) is 45.5. The van der Waals surface area contributed by atoms with Gasteiger partial charge in [0.25, 0.3) is 0 Å². The molecule has 0 fully saturated rings. The van der Waals surface area contributed by atoms with Crippen molar-refractivity contribution in [3.63, 3.8) is 0 Å². The number of carbonyl (C=O) groups excluding carboxylic acids is 3. The number of amides is 3. The van der Waals surface area contributed by atoms with Gasteiger partial charge in [0.1, 0.15) is 35.1 Å². The number of nitrogens with zero attached hydrogens (tertiary/aromatic N) is 19. The predicted octanol–water partition coefficient (Wildman–Crippen LogP) is 14.9. The maximum atomic E-state index is 12.4. The van der Waals surface area contributed by atoms with Gasteiger partial charge in [0, 0.05) is 175 Å². The van der Waals surface area contributed by atoms with Crippen molar-refractivity contribution in [2.45, 2.75) is 58.2 Å². The van der Waals surface area contributed by atoms with Crippen molar-refractivity contribution in [3.05, 3.63) is 201 Å². The van der Waals surface area contributed by atoms with Crippen molar-refractivity contribution in [3.8, 4) is 80.2 Å². The van der Waals surface area contributed by atoms with Crippen molar-refractivity contribution in [2.75, 3.05) is 177 Å². The van der Waals surface area contributed by atoms with E-state index in [1.165, 1.54) is 57.7 Å². The standard InChI is InChI=1S/C34H39N9O2.C32H36N8O3.C31H34N8O2/c1-7-31(44)37-26-18-27(30(45-6)19-29(26)41(4)17-16-40(2)3)38-34-35-20-24(28-13-14-36-42(28)5)32(39-34)25-21-43-15-9-11-22-10-8-12-23(25)33(22)43;1-6-29(41)35-24-17-25(27(42-5)18-26(24)39(4)15-14-38(2)3)36-32-34-19-28(43-16-12-33)30(37-32)23-20-40-13-8-10-21-9-7-11-22(23)31(21)40;1-6-28(40)34-24-15-25(27(41-5)16-26(24)38(4)14-13-37(2)3)35-31-33-18-21(17-32)29(36-31)23-19-39-12-8-10-20-9-7-11-22(23)30(20)39/h7-8,10,12-14,18-21H,1,9,11,15-17H2,2-6H3,(H,37,44)(H,35,38,39);6-7,9,11,17-20H,1,8,10,13-16H2,2-5H3,(H,35,41)(H,34,36,37);6-7,9,11,15-16,18-19H,1,8,10,12-14H2,2-5H3,(H,34,40)(H,33,35,36). The van der Waals surface area contributed by atoms with Gasteiger partial charge in [-0.1, -0.05) is 74.3 Å². The summed E-state index contributed by atoms with van der Waals surface area (Å²) in [6.07, 6.45) is 23.2. The Morgan fingerprint density at radius 3 is 1.19 bits per heavy atom. The van der Waals surface area contributed by atoms with E-state index in [-0.39, 0.29) is 24.3 Å². The molecule has 664 valence electrons. The predicted molar refractivity (Wildman–Crippen MR) is 513 cm³/mol. The Morgan fingerprint density at radius 1 is 0.457 bits per heavy atom. The third-order valence-corrected chi connectivity index (χ3v) is 23.0. The molecule has 0 radical (unpaired) electrons. The van der Waals surface area contributed by atoms with E-state index >= 15 is 0 Å². The number of aryl methyl sites for hydroxylation is 7. The van der Waals surface area contributed by atoms with E-state index in [2.05, 4.69) is 189 Å². The number of aromatic nitrogens is 11. The van der Waals surface area contributed by atoms with Crippen molar-refractivity contribution in [2.24, 2.45) is 7.05 Å². The van der Waals surface area contributed by atoms with E-state index < -0.39 is 0 Å². The minimum absolute atomic E-state index is 0.129. The first-order valence-electron chi connectivity index (χ1n) is 42.6. The van der Waals surface area contributed by atoms with Crippen LogP contribution in [0.1, 0.15) is 41.5 Å². The number of benzene rings is 6. The summed E-state index contributed by atoms with van der Waals surface area (Å²) < 4.78 is 31.8. The minimum atomic E-state index is -0.330. The largest absolute Gasteiger partial charge is 0.494 e. The molecule has 0 atom stereocenters. The van der Waals surface area contributed by atoms with Crippen molar-refractivity contribution in [1.29, 1.82) is 10.5 Å². The van der Waals surface area contributed by atoms with Gasteiger partial charge in [0.05, 0.1) is 124 Å². The van der Waals surface area contributed by atoms with Gasteiger partial charge in [-0.3, -0.25) is 19.1 Å². The van der Waals surface area contributed by atoms with Crippen LogP contribution in [0.15, 0.2) is 178 Å². The van der Waals surface area contributed by atoms with Crippen LogP contribution in [-0.4, -0.2) is 216 Å². The number of methoxy groups -OCH3 is 3. The molecule has 0 unspecified atom stereocenters. The third-order valence-electron chi connectivity index (χ3n) is 23.0. The number of rotatable bonds is 33. The van der Waals surface area contributed by atoms with Crippen molar-refractivity contribution in [1.82, 2.24) is 68.1 Å². The van der Waals surface area contributed by atoms with Crippen LogP contribution in [0.5, 0.6) is 23.0 Å². The van der Waals surface area contributed by atoms with Gasteiger partial charge in [-0.2, -0.15) is 15.6 Å². The highest BCUT2D eigenvalue weighted by Gasteiger charge is 2.29. The van der Waals surface area contributed by atoms with Crippen LogP contribution in [0.25, 0.3) is 77.7 Å². The van der Waals surface area contributed by atoms with Crippen LogP contribution in [0.4, 0.5) is 69.0 Å². The van der Waals surface area contributed by atoms with Crippen LogP contribution in [0.3, 0.4) is 0 Å². The maximum absolute atomic E-state index is 12.4. The lowest BCUT2D eigenvalue weighted by molar-refractivity contribution is -0.112. The number of likely N-dealkylation sites (N-methyl/N-ethyl adjacent to an activating group) is 6. The number of carbonyl (C=O) groups is 3. The van der Waals surface area contributed by atoms with Gasteiger partial charge in [0.2, 0.25) is 35.6 Å². The van der Waals surface area contributed by atoms with E-state index in [9.17, 15) is 24.9 Å². The number of anilines is 12. The molecule has 0 bridgehead atoms. The summed E-state index contributed by atoms with van der Waals surface area (Å²) in [6, 6.07) is 36.5. The zero-order valence-electron chi connectivity index (χ0n) is 75.3. The van der Waals surface area contributed by atoms with Crippen LogP contribution < -0.4 is 65.5 Å². The number of ether oxygens (including phenoxy) is 4. The maximum Gasteiger partial charge on any atom is 0.247 e. The average molecular weight is 1740 g/mol. The van der Waals surface area contributed by atoms with Crippen molar-refractivity contribution < 1.29 is 33.3 Å². The SMILES string of the molecule is C=CC(=O)Nc1cc(Nc2ncc(-c3ccnn3C)c(-c3cn4c5c(cccc35)CCC4)n2)c(OC)cc1N(C)CCN(C)C.C=CC(=O)Nc1cc(Nc2ncc(C#N)c(-c3cn4c5c(cccc35)CCC4)n2)c(OC)cc1N(C)CCN(C)C.C=CC(=O)Nc1cc(Nc2ncc(OCC#N)c(-c3cn4c5c(cccc35)CCC4)n2)c(OC)cc1N(C)CCN(C)C.